The molecule has 40 heavy (non-hydrogen) atoms. The van der Waals surface area contributed by atoms with E-state index in [0.717, 1.165) is 17.0 Å². The van der Waals surface area contributed by atoms with Gasteiger partial charge >= 0.3 is 17.8 Å². The number of nitrogens with two attached hydrogens (primary N) is 1. The molecule has 5 rings (SSSR count). The third kappa shape index (κ3) is 5.23. The second-order valence-electron chi connectivity index (χ2n) is 9.93. The largest absolute Gasteiger partial charge is 0.481 e. The number of carboxylic acid groups (broad SMARTS) is 1. The molecule has 1 aliphatic heterocycles. The van der Waals surface area contributed by atoms with Crippen molar-refractivity contribution in [1.82, 2.24) is 19.4 Å². The number of halogens is 4. The number of aliphatic carboxylic acids is 1. The molecule has 0 saturated carbocycles. The molecular weight excluding hydrogens is 551 g/mol. The number of hydrogen-bond donors (Lipinski definition) is 3. The number of benzene rings is 2. The van der Waals surface area contributed by atoms with Gasteiger partial charge in [-0.3, -0.25) is 19.1 Å². The Bertz CT molecular complexity index is 1670. The van der Waals surface area contributed by atoms with Crippen molar-refractivity contribution in [2.45, 2.75) is 37.9 Å². The van der Waals surface area contributed by atoms with E-state index in [1.807, 2.05) is 24.3 Å². The first-order valence-electron chi connectivity index (χ1n) is 12.6. The van der Waals surface area contributed by atoms with Crippen molar-refractivity contribution in [1.29, 1.82) is 0 Å². The van der Waals surface area contributed by atoms with Crippen LogP contribution in [-0.4, -0.2) is 49.5 Å². The summed E-state index contributed by atoms with van der Waals surface area (Å²) in [6, 6.07) is 9.23. The van der Waals surface area contributed by atoms with Crippen molar-refractivity contribution >= 4 is 51.1 Å². The lowest BCUT2D eigenvalue weighted by Crippen LogP contribution is -2.41. The molecule has 2 aromatic carbocycles. The summed E-state index contributed by atoms with van der Waals surface area (Å²) in [7, 11) is 0. The van der Waals surface area contributed by atoms with Crippen LogP contribution in [-0.2, 0) is 22.2 Å². The van der Waals surface area contributed by atoms with Crippen molar-refractivity contribution in [3.63, 3.8) is 0 Å². The Kier molecular flexibility index (Phi) is 7.21. The number of fused-ring (bicyclic) bond motifs is 3. The van der Waals surface area contributed by atoms with Crippen molar-refractivity contribution in [3.05, 3.63) is 69.2 Å². The molecule has 1 atom stereocenters. The maximum Gasteiger partial charge on any atom is 0.418 e. The van der Waals surface area contributed by atoms with Crippen LogP contribution in [0.4, 0.5) is 18.9 Å². The highest BCUT2D eigenvalue weighted by atomic mass is 35.5. The van der Waals surface area contributed by atoms with Crippen LogP contribution in [0.5, 0.6) is 0 Å². The second kappa shape index (κ2) is 10.5. The maximum atomic E-state index is 13.3. The molecule has 210 valence electrons. The molecule has 0 spiro atoms. The zero-order chi connectivity index (χ0) is 28.8. The van der Waals surface area contributed by atoms with Crippen LogP contribution >= 0.6 is 11.6 Å². The minimum Gasteiger partial charge on any atom is -0.481 e. The van der Waals surface area contributed by atoms with E-state index < -0.39 is 41.6 Å². The standard InChI is InChI=1S/C27H25ClF3N5O4/c28-19-11-14(10-18(23(19)32)27(29,30)31)9-15(25(38)39)12-22(37)35-7-5-16(6-8-35)36-21-13-33-20-4-2-1-3-17(20)24(21)34-26(36)40/h1-4,10-11,13,15-16H,5-9,12,32H2,(H,34,40)(H,38,39)/t15-/m0/s1. The Morgan fingerprint density at radius 2 is 1.90 bits per heavy atom. The fourth-order valence-electron chi connectivity index (χ4n) is 5.35. The van der Waals surface area contributed by atoms with Gasteiger partial charge in [0.25, 0.3) is 0 Å². The molecule has 0 bridgehead atoms. The van der Waals surface area contributed by atoms with Gasteiger partial charge in [0.2, 0.25) is 5.91 Å². The summed E-state index contributed by atoms with van der Waals surface area (Å²) in [4.78, 5) is 46.7. The SMILES string of the molecule is Nc1c(Cl)cc(C[C@@H](CC(=O)N2CCC(n3c(=O)[nH]c4c5ccccc5ncc43)CC2)C(=O)O)cc1C(F)(F)F. The number of alkyl halides is 3. The molecule has 9 nitrogen and oxygen atoms in total. The minimum absolute atomic E-state index is 0.0188. The molecule has 0 unspecified atom stereocenters. The quantitative estimate of drug-likeness (QED) is 0.287. The number of imidazole rings is 1. The molecule has 13 heteroatoms. The molecule has 2 aromatic heterocycles. The number of nitrogens with one attached hydrogen (secondary N) is 1. The lowest BCUT2D eigenvalue weighted by Gasteiger charge is -2.33. The average Bonchev–Trinajstić information content (AvgIpc) is 3.25. The number of carbonyl (C=O) groups excluding carboxylic acids is 1. The Morgan fingerprint density at radius 1 is 1.20 bits per heavy atom. The van der Waals surface area contributed by atoms with Gasteiger partial charge in [0, 0.05) is 30.9 Å². The first-order chi connectivity index (χ1) is 18.9. The van der Waals surface area contributed by atoms with Crippen molar-refractivity contribution in [3.8, 4) is 0 Å². The van der Waals surface area contributed by atoms with Gasteiger partial charge < -0.3 is 20.7 Å². The minimum atomic E-state index is -4.77. The van der Waals surface area contributed by atoms with Crippen LogP contribution in [0.15, 0.2) is 47.4 Å². The number of aromatic amines is 1. The number of likely N-dealkylation sites (tertiary alicyclic amines) is 1. The Labute approximate surface area is 230 Å². The molecule has 0 aliphatic carbocycles. The third-order valence-electron chi connectivity index (χ3n) is 7.40. The fourth-order valence-corrected chi connectivity index (χ4v) is 5.60. The number of H-pyrrole nitrogens is 1. The Balaban J connectivity index is 1.28. The van der Waals surface area contributed by atoms with Gasteiger partial charge in [0.15, 0.2) is 0 Å². The highest BCUT2D eigenvalue weighted by molar-refractivity contribution is 6.33. The summed E-state index contributed by atoms with van der Waals surface area (Å²) in [6.07, 6.45) is -2.91. The van der Waals surface area contributed by atoms with Crippen LogP contribution in [0.25, 0.3) is 21.9 Å². The lowest BCUT2D eigenvalue weighted by atomic mass is 9.93. The smallest absolute Gasteiger partial charge is 0.418 e. The Hall–Kier alpha value is -4.06. The van der Waals surface area contributed by atoms with Crippen molar-refractivity contribution in [2.75, 3.05) is 18.8 Å². The fraction of sp³-hybridized carbons (Fsp3) is 0.333. The molecule has 1 saturated heterocycles. The number of rotatable bonds is 6. The summed E-state index contributed by atoms with van der Waals surface area (Å²) in [5.41, 5.74) is 5.53. The average molecular weight is 576 g/mol. The lowest BCUT2D eigenvalue weighted by molar-refractivity contribution is -0.146. The third-order valence-corrected chi connectivity index (χ3v) is 7.71. The molecule has 1 fully saturated rings. The number of hydrogen-bond acceptors (Lipinski definition) is 5. The van der Waals surface area contributed by atoms with E-state index in [0.29, 0.717) is 37.0 Å². The van der Waals surface area contributed by atoms with Crippen LogP contribution in [0.3, 0.4) is 0 Å². The van der Waals surface area contributed by atoms with Crippen molar-refractivity contribution < 1.29 is 27.9 Å². The molecule has 4 N–H and O–H groups in total. The summed E-state index contributed by atoms with van der Waals surface area (Å²) < 4.78 is 41.6. The first-order valence-corrected chi connectivity index (χ1v) is 13.0. The molecule has 4 aromatic rings. The van der Waals surface area contributed by atoms with Gasteiger partial charge in [0.05, 0.1) is 44.9 Å². The monoisotopic (exact) mass is 575 g/mol. The summed E-state index contributed by atoms with van der Waals surface area (Å²) in [5, 5.41) is 10.2. The van der Waals surface area contributed by atoms with Crippen LogP contribution < -0.4 is 11.4 Å². The number of anilines is 1. The summed E-state index contributed by atoms with van der Waals surface area (Å²) in [6.45, 7) is 0.587. The van der Waals surface area contributed by atoms with E-state index in [-0.39, 0.29) is 28.7 Å². The van der Waals surface area contributed by atoms with E-state index in [4.69, 9.17) is 17.3 Å². The van der Waals surface area contributed by atoms with Gasteiger partial charge in [-0.25, -0.2) is 4.79 Å². The van der Waals surface area contributed by atoms with E-state index >= 15 is 0 Å². The number of piperidine rings is 1. The zero-order valence-electron chi connectivity index (χ0n) is 21.0. The second-order valence-corrected chi connectivity index (χ2v) is 10.3. The van der Waals surface area contributed by atoms with Gasteiger partial charge in [-0.05, 0) is 43.0 Å². The predicted octanol–water partition coefficient (Wildman–Crippen LogP) is 4.63. The van der Waals surface area contributed by atoms with Gasteiger partial charge in [0.1, 0.15) is 0 Å². The molecular formula is C27H25ClF3N5O4. The van der Waals surface area contributed by atoms with Crippen molar-refractivity contribution in [2.24, 2.45) is 5.92 Å². The molecule has 1 aliphatic rings. The molecule has 0 radical (unpaired) electrons. The highest BCUT2D eigenvalue weighted by Crippen LogP contribution is 2.38. The normalized spacial score (nSPS) is 15.6. The predicted molar refractivity (Wildman–Crippen MR) is 143 cm³/mol. The number of aromatic nitrogens is 3. The highest BCUT2D eigenvalue weighted by Gasteiger charge is 2.35. The van der Waals surface area contributed by atoms with Crippen LogP contribution in [0.2, 0.25) is 5.02 Å². The van der Waals surface area contributed by atoms with E-state index in [9.17, 15) is 32.7 Å². The summed E-state index contributed by atoms with van der Waals surface area (Å²) >= 11 is 5.87. The molecule has 1 amide bonds. The van der Waals surface area contributed by atoms with Gasteiger partial charge in [-0.2, -0.15) is 13.2 Å². The van der Waals surface area contributed by atoms with Gasteiger partial charge in [-0.15, -0.1) is 0 Å². The maximum absolute atomic E-state index is 13.3. The topological polar surface area (TPSA) is 134 Å². The number of carbonyl (C=O) groups is 2. The number of nitrogens with zero attached hydrogens (tertiary/aromatic N) is 3. The number of amides is 1. The first kappa shape index (κ1) is 27.5. The number of para-hydroxylation sites is 1. The van der Waals surface area contributed by atoms with Gasteiger partial charge in [-0.1, -0.05) is 29.8 Å². The van der Waals surface area contributed by atoms with E-state index in [2.05, 4.69) is 9.97 Å². The molecule has 3 heterocycles. The zero-order valence-corrected chi connectivity index (χ0v) is 21.8. The summed E-state index contributed by atoms with van der Waals surface area (Å²) in [5.74, 6) is -3.00. The Morgan fingerprint density at radius 3 is 2.58 bits per heavy atom. The van der Waals surface area contributed by atoms with Crippen LogP contribution in [0, 0.1) is 5.92 Å². The van der Waals surface area contributed by atoms with Crippen LogP contribution in [0.1, 0.15) is 36.4 Å². The van der Waals surface area contributed by atoms with E-state index in [1.165, 1.54) is 11.0 Å². The number of carboxylic acids is 1. The number of pyridine rings is 1. The van der Waals surface area contributed by atoms with E-state index in [1.54, 1.807) is 10.8 Å². The number of nitrogen functional groups attached to an aromatic ring is 1.